The number of aryl methyl sites for hydroxylation is 1. The number of aromatic nitrogens is 1. The molecule has 0 radical (unpaired) electrons. The normalized spacial score (nSPS) is 10.6. The molecule has 0 bridgehead atoms. The van der Waals surface area contributed by atoms with Crippen molar-refractivity contribution >= 4 is 23.2 Å². The lowest BCUT2D eigenvalue weighted by atomic mass is 10.1. The van der Waals surface area contributed by atoms with Gasteiger partial charge in [0.05, 0.1) is 20.3 Å². The number of nitrogens with zero attached hydrogens (tertiary/aromatic N) is 2. The summed E-state index contributed by atoms with van der Waals surface area (Å²) in [5.74, 6) is -0.557. The first-order chi connectivity index (χ1) is 13.1. The number of hydrogen-bond acceptors (Lipinski definition) is 6. The van der Waals surface area contributed by atoms with Crippen LogP contribution in [0, 0.1) is 0 Å². The average Bonchev–Trinajstić information content (AvgIpc) is 3.17. The number of carbonyl (C=O) groups excluding carboxylic acids is 2. The molecule has 0 N–H and O–H groups in total. The fourth-order valence-corrected chi connectivity index (χ4v) is 3.35. The Bertz CT molecular complexity index is 743. The van der Waals surface area contributed by atoms with Gasteiger partial charge in [-0.1, -0.05) is 25.5 Å². The van der Waals surface area contributed by atoms with E-state index in [2.05, 4.69) is 16.6 Å². The van der Waals surface area contributed by atoms with Gasteiger partial charge in [0.15, 0.2) is 5.69 Å². The van der Waals surface area contributed by atoms with E-state index in [0.717, 1.165) is 19.3 Å². The predicted octanol–water partition coefficient (Wildman–Crippen LogP) is 3.56. The maximum Gasteiger partial charge on any atom is 0.357 e. The molecular formula is C20H26N2O4S. The monoisotopic (exact) mass is 390 g/mol. The SMILES string of the molecule is CCCCc1ccc(C(=O)N(CCOC)Cc2nc(C(=O)OC)cs2)cc1. The summed E-state index contributed by atoms with van der Waals surface area (Å²) in [6, 6.07) is 7.76. The standard InChI is InChI=1S/C20H26N2O4S/c1-4-5-6-15-7-9-16(10-8-15)19(23)22(11-12-25-2)13-18-21-17(14-27-18)20(24)26-3/h7-10,14H,4-6,11-13H2,1-3H3. The second kappa shape index (κ2) is 10.8. The van der Waals surface area contributed by atoms with Crippen molar-refractivity contribution in [3.63, 3.8) is 0 Å². The first kappa shape index (κ1) is 21.1. The Balaban J connectivity index is 2.11. The van der Waals surface area contributed by atoms with E-state index in [1.807, 2.05) is 24.3 Å². The van der Waals surface area contributed by atoms with Crippen LogP contribution in [0.4, 0.5) is 0 Å². The van der Waals surface area contributed by atoms with Crippen LogP contribution in [0.1, 0.15) is 51.2 Å². The minimum absolute atomic E-state index is 0.0797. The van der Waals surface area contributed by atoms with Crippen molar-refractivity contribution in [2.75, 3.05) is 27.4 Å². The third-order valence-electron chi connectivity index (χ3n) is 4.14. The number of unbranched alkanes of at least 4 members (excludes halogenated alkanes) is 1. The lowest BCUT2D eigenvalue weighted by molar-refractivity contribution is 0.0594. The first-order valence-corrected chi connectivity index (χ1v) is 9.86. The number of thiazole rings is 1. The lowest BCUT2D eigenvalue weighted by Crippen LogP contribution is -2.33. The van der Waals surface area contributed by atoms with E-state index in [9.17, 15) is 9.59 Å². The fraction of sp³-hybridized carbons (Fsp3) is 0.450. The minimum atomic E-state index is -0.477. The second-order valence-corrected chi connectivity index (χ2v) is 7.08. The van der Waals surface area contributed by atoms with Crippen LogP contribution in [0.3, 0.4) is 0 Å². The Hall–Kier alpha value is -2.25. The number of amides is 1. The molecule has 0 saturated carbocycles. The number of carbonyl (C=O) groups is 2. The minimum Gasteiger partial charge on any atom is -0.464 e. The van der Waals surface area contributed by atoms with E-state index in [0.29, 0.717) is 30.3 Å². The fourth-order valence-electron chi connectivity index (χ4n) is 2.58. The molecule has 27 heavy (non-hydrogen) atoms. The van der Waals surface area contributed by atoms with Gasteiger partial charge in [0, 0.05) is 24.6 Å². The van der Waals surface area contributed by atoms with E-state index in [4.69, 9.17) is 4.74 Å². The van der Waals surface area contributed by atoms with E-state index in [1.54, 1.807) is 17.4 Å². The van der Waals surface area contributed by atoms with Gasteiger partial charge in [-0.25, -0.2) is 9.78 Å². The number of esters is 1. The number of rotatable bonds is 10. The molecule has 146 valence electrons. The number of benzene rings is 1. The van der Waals surface area contributed by atoms with Gasteiger partial charge in [-0.3, -0.25) is 4.79 Å². The van der Waals surface area contributed by atoms with Gasteiger partial charge in [-0.05, 0) is 30.5 Å². The van der Waals surface area contributed by atoms with Crippen molar-refractivity contribution in [1.82, 2.24) is 9.88 Å². The van der Waals surface area contributed by atoms with Crippen LogP contribution in [-0.4, -0.2) is 49.1 Å². The highest BCUT2D eigenvalue weighted by Gasteiger charge is 2.19. The summed E-state index contributed by atoms with van der Waals surface area (Å²) < 4.78 is 9.82. The highest BCUT2D eigenvalue weighted by atomic mass is 32.1. The summed E-state index contributed by atoms with van der Waals surface area (Å²) >= 11 is 1.33. The highest BCUT2D eigenvalue weighted by molar-refractivity contribution is 7.09. The predicted molar refractivity (Wildman–Crippen MR) is 105 cm³/mol. The summed E-state index contributed by atoms with van der Waals surface area (Å²) in [5, 5.41) is 2.32. The molecule has 2 rings (SSSR count). The molecule has 7 heteroatoms. The van der Waals surface area contributed by atoms with Gasteiger partial charge in [0.2, 0.25) is 0 Å². The highest BCUT2D eigenvalue weighted by Crippen LogP contribution is 2.16. The number of methoxy groups -OCH3 is 2. The summed E-state index contributed by atoms with van der Waals surface area (Å²) in [6.07, 6.45) is 3.31. The molecule has 2 aromatic rings. The van der Waals surface area contributed by atoms with Gasteiger partial charge < -0.3 is 14.4 Å². The maximum absolute atomic E-state index is 12.9. The van der Waals surface area contributed by atoms with Crippen LogP contribution >= 0.6 is 11.3 Å². The molecule has 0 spiro atoms. The molecule has 0 fully saturated rings. The molecule has 1 aromatic heterocycles. The summed E-state index contributed by atoms with van der Waals surface area (Å²) in [7, 11) is 2.92. The van der Waals surface area contributed by atoms with Gasteiger partial charge in [0.1, 0.15) is 5.01 Å². The molecule has 0 atom stereocenters. The molecular weight excluding hydrogens is 364 g/mol. The molecule has 0 aliphatic heterocycles. The smallest absolute Gasteiger partial charge is 0.357 e. The zero-order valence-corrected chi connectivity index (χ0v) is 16.9. The first-order valence-electron chi connectivity index (χ1n) is 8.98. The Morgan fingerprint density at radius 1 is 1.19 bits per heavy atom. The second-order valence-electron chi connectivity index (χ2n) is 6.14. The van der Waals surface area contributed by atoms with Crippen LogP contribution in [0.2, 0.25) is 0 Å². The number of hydrogen-bond donors (Lipinski definition) is 0. The Morgan fingerprint density at radius 2 is 1.93 bits per heavy atom. The van der Waals surface area contributed by atoms with Crippen molar-refractivity contribution in [1.29, 1.82) is 0 Å². The largest absolute Gasteiger partial charge is 0.464 e. The Labute approximate surface area is 164 Å². The van der Waals surface area contributed by atoms with Crippen LogP contribution in [0.5, 0.6) is 0 Å². The van der Waals surface area contributed by atoms with E-state index < -0.39 is 5.97 Å². The average molecular weight is 391 g/mol. The molecule has 0 unspecified atom stereocenters. The van der Waals surface area contributed by atoms with Gasteiger partial charge in [-0.15, -0.1) is 11.3 Å². The quantitative estimate of drug-likeness (QED) is 0.580. The third-order valence-corrected chi connectivity index (χ3v) is 4.98. The van der Waals surface area contributed by atoms with E-state index in [-0.39, 0.29) is 11.6 Å². The van der Waals surface area contributed by atoms with Crippen LogP contribution in [0.15, 0.2) is 29.6 Å². The Kier molecular flexibility index (Phi) is 8.42. The van der Waals surface area contributed by atoms with Crippen molar-refractivity contribution < 1.29 is 19.1 Å². The maximum atomic E-state index is 12.9. The van der Waals surface area contributed by atoms with Crippen LogP contribution < -0.4 is 0 Å². The van der Waals surface area contributed by atoms with Crippen LogP contribution in [0.25, 0.3) is 0 Å². The zero-order valence-electron chi connectivity index (χ0n) is 16.1. The lowest BCUT2D eigenvalue weighted by Gasteiger charge is -2.21. The molecule has 0 aliphatic carbocycles. The summed E-state index contributed by atoms with van der Waals surface area (Å²) in [6.45, 7) is 3.35. The molecule has 6 nitrogen and oxygen atoms in total. The molecule has 0 saturated heterocycles. The van der Waals surface area contributed by atoms with Crippen molar-refractivity contribution in [2.45, 2.75) is 32.7 Å². The summed E-state index contributed by atoms with van der Waals surface area (Å²) in [5.41, 5.74) is 2.13. The van der Waals surface area contributed by atoms with Crippen molar-refractivity contribution in [3.05, 3.63) is 51.5 Å². The van der Waals surface area contributed by atoms with Gasteiger partial charge >= 0.3 is 5.97 Å². The van der Waals surface area contributed by atoms with Crippen molar-refractivity contribution in [3.8, 4) is 0 Å². The van der Waals surface area contributed by atoms with Crippen molar-refractivity contribution in [2.24, 2.45) is 0 Å². The third kappa shape index (κ3) is 6.15. The van der Waals surface area contributed by atoms with Crippen LogP contribution in [-0.2, 0) is 22.4 Å². The Morgan fingerprint density at radius 3 is 2.56 bits per heavy atom. The summed E-state index contributed by atoms with van der Waals surface area (Å²) in [4.78, 5) is 30.4. The topological polar surface area (TPSA) is 68.7 Å². The molecule has 1 heterocycles. The molecule has 1 amide bonds. The van der Waals surface area contributed by atoms with Gasteiger partial charge in [0.25, 0.3) is 5.91 Å². The zero-order chi connectivity index (χ0) is 19.6. The molecule has 0 aliphatic rings. The number of ether oxygens (including phenoxy) is 2. The van der Waals surface area contributed by atoms with E-state index in [1.165, 1.54) is 24.0 Å². The van der Waals surface area contributed by atoms with Gasteiger partial charge in [-0.2, -0.15) is 0 Å². The molecule has 1 aromatic carbocycles. The van der Waals surface area contributed by atoms with E-state index >= 15 is 0 Å².